The van der Waals surface area contributed by atoms with Gasteiger partial charge in [0.15, 0.2) is 5.65 Å². The molecule has 1 aliphatic heterocycles. The van der Waals surface area contributed by atoms with Gasteiger partial charge in [-0.05, 0) is 58.8 Å². The van der Waals surface area contributed by atoms with E-state index in [1.165, 1.54) is 27.8 Å². The average Bonchev–Trinajstić information content (AvgIpc) is 3.58. The van der Waals surface area contributed by atoms with Crippen LogP contribution in [0.5, 0.6) is 0 Å². The van der Waals surface area contributed by atoms with Crippen molar-refractivity contribution in [2.24, 2.45) is 0 Å². The van der Waals surface area contributed by atoms with Crippen molar-refractivity contribution >= 4 is 44.2 Å². The summed E-state index contributed by atoms with van der Waals surface area (Å²) in [6, 6.07) is 12.6. The first-order chi connectivity index (χ1) is 18.3. The number of benzene rings is 2. The van der Waals surface area contributed by atoms with E-state index in [-0.39, 0.29) is 5.91 Å². The number of nitrogens with zero attached hydrogens (tertiary/aromatic N) is 5. The lowest BCUT2D eigenvalue weighted by Crippen LogP contribution is -2.57. The third kappa shape index (κ3) is 4.79. The zero-order valence-corrected chi connectivity index (χ0v) is 20.8. The van der Waals surface area contributed by atoms with E-state index < -0.39 is 17.8 Å². The number of anilines is 1. The number of hydrogen-bond acceptors (Lipinski definition) is 7. The Kier molecular flexibility index (Phi) is 6.20. The van der Waals surface area contributed by atoms with E-state index in [0.29, 0.717) is 48.7 Å². The molecule has 2 aromatic carbocycles. The molecule has 2 N–H and O–H groups in total. The van der Waals surface area contributed by atoms with Gasteiger partial charge in [-0.15, -0.1) is 16.4 Å². The van der Waals surface area contributed by atoms with E-state index >= 15 is 0 Å². The molecular weight excluding hydrogens is 515 g/mol. The highest BCUT2D eigenvalue weighted by molar-refractivity contribution is 7.17. The van der Waals surface area contributed by atoms with Gasteiger partial charge in [-0.1, -0.05) is 6.07 Å². The van der Waals surface area contributed by atoms with Crippen molar-refractivity contribution in [2.75, 3.05) is 24.5 Å². The number of rotatable bonds is 5. The van der Waals surface area contributed by atoms with Crippen molar-refractivity contribution in [1.82, 2.24) is 30.4 Å². The fourth-order valence-electron chi connectivity index (χ4n) is 4.57. The molecule has 0 aliphatic carbocycles. The minimum Gasteiger partial charge on any atom is -0.353 e. The summed E-state index contributed by atoms with van der Waals surface area (Å²) in [4.78, 5) is 23.7. The molecule has 1 aliphatic rings. The highest BCUT2D eigenvalue weighted by Crippen LogP contribution is 2.30. The Morgan fingerprint density at radius 3 is 2.79 bits per heavy atom. The number of aromatic nitrogens is 4. The Labute approximate surface area is 219 Å². The van der Waals surface area contributed by atoms with Crippen LogP contribution in [0.2, 0.25) is 0 Å². The smallest absolute Gasteiger partial charge is 0.353 e. The fraction of sp³-hybridized carbons (Fsp3) is 0.231. The Morgan fingerprint density at radius 1 is 1.13 bits per heavy atom. The van der Waals surface area contributed by atoms with Crippen LogP contribution >= 0.6 is 11.3 Å². The largest absolute Gasteiger partial charge is 0.416 e. The number of alkyl halides is 3. The van der Waals surface area contributed by atoms with Gasteiger partial charge in [0.1, 0.15) is 18.2 Å². The number of hydrogen-bond donors (Lipinski definition) is 2. The number of halogens is 3. The number of carbonyl (C=O) groups is 1. The zero-order chi connectivity index (χ0) is 26.3. The maximum absolute atomic E-state index is 13.0. The lowest BCUT2D eigenvalue weighted by atomic mass is 10.1. The van der Waals surface area contributed by atoms with Crippen molar-refractivity contribution < 1.29 is 18.0 Å². The predicted molar refractivity (Wildman–Crippen MR) is 139 cm³/mol. The second kappa shape index (κ2) is 9.69. The molecule has 5 aromatic rings. The second-order valence-corrected chi connectivity index (χ2v) is 9.96. The molecule has 38 heavy (non-hydrogen) atoms. The van der Waals surface area contributed by atoms with Gasteiger partial charge in [-0.25, -0.2) is 14.6 Å². The quantitative estimate of drug-likeness (QED) is 0.351. The van der Waals surface area contributed by atoms with Gasteiger partial charge in [0, 0.05) is 37.1 Å². The highest BCUT2D eigenvalue weighted by atomic mass is 32.1. The standard InChI is InChI=1S/C26H22F3N7OS/c27-26(28,29)18-2-4-19(5-3-18)36-13-20-23(34-36)32-15-33-24(20)35-9-8-30-21(14-35)25(37)31-12-16-1-6-22-17(11-16)7-10-38-22/h1-7,10-11,13,15,21,30H,8-9,12,14H2,(H,31,37)/t21-/m1/s1. The summed E-state index contributed by atoms with van der Waals surface area (Å²) in [6.45, 7) is 2.03. The maximum Gasteiger partial charge on any atom is 0.416 e. The molecule has 1 fully saturated rings. The summed E-state index contributed by atoms with van der Waals surface area (Å²) < 4.78 is 41.5. The van der Waals surface area contributed by atoms with Gasteiger partial charge < -0.3 is 15.5 Å². The van der Waals surface area contributed by atoms with Crippen LogP contribution in [0.1, 0.15) is 11.1 Å². The Balaban J connectivity index is 1.17. The molecule has 0 saturated carbocycles. The molecule has 8 nitrogen and oxygen atoms in total. The van der Waals surface area contributed by atoms with Crippen LogP contribution in [0.4, 0.5) is 19.0 Å². The zero-order valence-electron chi connectivity index (χ0n) is 19.9. The summed E-state index contributed by atoms with van der Waals surface area (Å²) in [5.74, 6) is 0.515. The lowest BCUT2D eigenvalue weighted by Gasteiger charge is -2.33. The number of nitrogens with one attached hydrogen (secondary N) is 2. The van der Waals surface area contributed by atoms with E-state index in [2.05, 4.69) is 43.9 Å². The Morgan fingerprint density at radius 2 is 1.97 bits per heavy atom. The monoisotopic (exact) mass is 537 g/mol. The number of carbonyl (C=O) groups excluding carboxylic acids is 1. The molecule has 0 radical (unpaired) electrons. The van der Waals surface area contributed by atoms with Crippen LogP contribution in [0.3, 0.4) is 0 Å². The van der Waals surface area contributed by atoms with Gasteiger partial charge in [-0.2, -0.15) is 13.2 Å². The summed E-state index contributed by atoms with van der Waals surface area (Å²) in [7, 11) is 0. The van der Waals surface area contributed by atoms with Crippen molar-refractivity contribution in [1.29, 1.82) is 0 Å². The number of fused-ring (bicyclic) bond motifs is 2. The third-order valence-electron chi connectivity index (χ3n) is 6.53. The fourth-order valence-corrected chi connectivity index (χ4v) is 5.34. The average molecular weight is 538 g/mol. The van der Waals surface area contributed by atoms with Gasteiger partial charge in [0.2, 0.25) is 5.91 Å². The van der Waals surface area contributed by atoms with Crippen molar-refractivity contribution in [3.8, 4) is 5.69 Å². The van der Waals surface area contributed by atoms with Crippen LogP contribution in [-0.4, -0.2) is 51.3 Å². The van der Waals surface area contributed by atoms with Crippen molar-refractivity contribution in [3.05, 3.63) is 77.6 Å². The van der Waals surface area contributed by atoms with Crippen LogP contribution in [0.25, 0.3) is 26.8 Å². The molecular formula is C26H22F3N7OS. The van der Waals surface area contributed by atoms with E-state index in [1.807, 2.05) is 16.3 Å². The second-order valence-electron chi connectivity index (χ2n) is 9.02. The molecule has 6 rings (SSSR count). The number of thiophene rings is 1. The van der Waals surface area contributed by atoms with E-state index in [9.17, 15) is 18.0 Å². The van der Waals surface area contributed by atoms with Crippen molar-refractivity contribution in [3.63, 3.8) is 0 Å². The number of amides is 1. The predicted octanol–water partition coefficient (Wildman–Crippen LogP) is 4.14. The first kappa shape index (κ1) is 24.3. The molecule has 0 bridgehead atoms. The summed E-state index contributed by atoms with van der Waals surface area (Å²) >= 11 is 1.68. The van der Waals surface area contributed by atoms with Crippen LogP contribution in [0, 0.1) is 0 Å². The molecule has 12 heteroatoms. The summed E-state index contributed by atoms with van der Waals surface area (Å²) in [5, 5.41) is 14.6. The Hall–Kier alpha value is -4.03. The lowest BCUT2D eigenvalue weighted by molar-refractivity contribution is -0.137. The SMILES string of the molecule is O=C(NCc1ccc2sccc2c1)[C@H]1CN(c2ncnc3nn(-c4ccc(C(F)(F)F)cc4)cc23)CCN1. The minimum absolute atomic E-state index is 0.106. The topological polar surface area (TPSA) is 88.0 Å². The van der Waals surface area contributed by atoms with E-state index in [4.69, 9.17) is 0 Å². The molecule has 194 valence electrons. The highest BCUT2D eigenvalue weighted by Gasteiger charge is 2.30. The molecule has 4 heterocycles. The van der Waals surface area contributed by atoms with Gasteiger partial charge in [0.25, 0.3) is 0 Å². The molecule has 1 saturated heterocycles. The van der Waals surface area contributed by atoms with Crippen LogP contribution in [-0.2, 0) is 17.5 Å². The molecule has 0 spiro atoms. The third-order valence-corrected chi connectivity index (χ3v) is 7.43. The Bertz CT molecular complexity index is 1610. The molecule has 1 amide bonds. The normalized spacial score (nSPS) is 16.3. The van der Waals surface area contributed by atoms with Gasteiger partial charge in [-0.3, -0.25) is 4.79 Å². The first-order valence-corrected chi connectivity index (χ1v) is 12.8. The maximum atomic E-state index is 13.0. The van der Waals surface area contributed by atoms with Crippen LogP contribution in [0.15, 0.2) is 66.4 Å². The van der Waals surface area contributed by atoms with Crippen LogP contribution < -0.4 is 15.5 Å². The first-order valence-electron chi connectivity index (χ1n) is 12.0. The van der Waals surface area contributed by atoms with E-state index in [0.717, 1.165) is 23.1 Å². The summed E-state index contributed by atoms with van der Waals surface area (Å²) in [5.41, 5.74) is 1.19. The molecule has 0 unspecified atom stereocenters. The van der Waals surface area contributed by atoms with Crippen molar-refractivity contribution in [2.45, 2.75) is 18.8 Å². The summed E-state index contributed by atoms with van der Waals surface area (Å²) in [6.07, 6.45) is -1.31. The molecule has 3 aromatic heterocycles. The van der Waals surface area contributed by atoms with Gasteiger partial charge >= 0.3 is 6.18 Å². The minimum atomic E-state index is -4.41. The molecule has 1 atom stereocenters. The van der Waals surface area contributed by atoms with E-state index in [1.54, 1.807) is 17.5 Å². The number of piperazine rings is 1. The van der Waals surface area contributed by atoms with Gasteiger partial charge in [0.05, 0.1) is 16.6 Å².